The highest BCUT2D eigenvalue weighted by molar-refractivity contribution is 14.1. The summed E-state index contributed by atoms with van der Waals surface area (Å²) in [4.78, 5) is 11.7. The first-order chi connectivity index (χ1) is 7.98. The highest BCUT2D eigenvalue weighted by Gasteiger charge is 2.38. The van der Waals surface area contributed by atoms with E-state index in [1.165, 1.54) is 0 Å². The van der Waals surface area contributed by atoms with Crippen molar-refractivity contribution in [3.8, 4) is 0 Å². The molecular weight excluding hydrogens is 355 g/mol. The number of carbonyl (C=O) groups excluding carboxylic acids is 1. The minimum Gasteiger partial charge on any atom is -0.457 e. The first-order valence-corrected chi connectivity index (χ1v) is 8.15. The van der Waals surface area contributed by atoms with E-state index in [0.29, 0.717) is 5.56 Å². The summed E-state index contributed by atoms with van der Waals surface area (Å²) in [6.07, 6.45) is -0.534. The lowest BCUT2D eigenvalue weighted by Gasteiger charge is -2.13. The predicted molar refractivity (Wildman–Crippen MR) is 72.1 cm³/mol. The van der Waals surface area contributed by atoms with Gasteiger partial charge in [-0.05, 0) is 12.1 Å². The van der Waals surface area contributed by atoms with Crippen LogP contribution in [0.25, 0.3) is 0 Å². The van der Waals surface area contributed by atoms with Crippen molar-refractivity contribution in [2.45, 2.75) is 10.0 Å². The van der Waals surface area contributed by atoms with Gasteiger partial charge in [0.15, 0.2) is 9.84 Å². The van der Waals surface area contributed by atoms with E-state index in [-0.39, 0.29) is 15.4 Å². The Morgan fingerprint density at radius 2 is 1.88 bits per heavy atom. The second-order valence-corrected chi connectivity index (χ2v) is 7.66. The maximum absolute atomic E-state index is 11.7. The van der Waals surface area contributed by atoms with E-state index in [0.717, 1.165) is 0 Å². The van der Waals surface area contributed by atoms with Crippen molar-refractivity contribution in [2.24, 2.45) is 0 Å². The van der Waals surface area contributed by atoms with Crippen LogP contribution in [-0.2, 0) is 14.6 Å². The zero-order valence-electron chi connectivity index (χ0n) is 8.87. The average Bonchev–Trinajstić information content (AvgIpc) is 2.53. The number of hydrogen-bond acceptors (Lipinski definition) is 4. The largest absolute Gasteiger partial charge is 0.457 e. The molecule has 0 bridgehead atoms. The molecule has 1 aliphatic rings. The molecule has 0 N–H and O–H groups in total. The monoisotopic (exact) mass is 366 g/mol. The van der Waals surface area contributed by atoms with Crippen LogP contribution in [0, 0.1) is 0 Å². The molecule has 92 valence electrons. The standard InChI is InChI=1S/C11H11IO4S/c12-9-6-17(14,15)7-10(9)16-11(13)8-4-2-1-3-5-8/h1-5,9-10H,6-7H2. The topological polar surface area (TPSA) is 60.4 Å². The van der Waals surface area contributed by atoms with E-state index >= 15 is 0 Å². The van der Waals surface area contributed by atoms with E-state index in [2.05, 4.69) is 0 Å². The molecule has 0 amide bonds. The first-order valence-electron chi connectivity index (χ1n) is 5.08. The fraction of sp³-hybridized carbons (Fsp3) is 0.364. The molecule has 1 aromatic rings. The van der Waals surface area contributed by atoms with Gasteiger partial charge in [0.2, 0.25) is 0 Å². The molecule has 17 heavy (non-hydrogen) atoms. The molecule has 2 unspecified atom stereocenters. The molecule has 1 aromatic carbocycles. The maximum Gasteiger partial charge on any atom is 0.338 e. The van der Waals surface area contributed by atoms with E-state index in [1.807, 2.05) is 22.6 Å². The molecule has 1 saturated heterocycles. The van der Waals surface area contributed by atoms with Gasteiger partial charge in [0.25, 0.3) is 0 Å². The van der Waals surface area contributed by atoms with Crippen molar-refractivity contribution < 1.29 is 17.9 Å². The van der Waals surface area contributed by atoms with Crippen molar-refractivity contribution in [1.82, 2.24) is 0 Å². The van der Waals surface area contributed by atoms with Gasteiger partial charge in [-0.15, -0.1) is 0 Å². The summed E-state index contributed by atoms with van der Waals surface area (Å²) < 4.78 is 27.8. The number of ether oxygens (including phenoxy) is 1. The van der Waals surface area contributed by atoms with E-state index in [4.69, 9.17) is 4.74 Å². The van der Waals surface area contributed by atoms with Gasteiger partial charge in [0.05, 0.1) is 21.0 Å². The predicted octanol–water partition coefficient (Wildman–Crippen LogP) is 1.44. The summed E-state index contributed by atoms with van der Waals surface area (Å²) in [5.74, 6) is -0.450. The highest BCUT2D eigenvalue weighted by Crippen LogP contribution is 2.23. The number of halogens is 1. The Hall–Kier alpha value is -0.630. The van der Waals surface area contributed by atoms with Gasteiger partial charge in [-0.1, -0.05) is 40.8 Å². The van der Waals surface area contributed by atoms with Gasteiger partial charge in [0, 0.05) is 0 Å². The smallest absolute Gasteiger partial charge is 0.338 e. The number of alkyl halides is 1. The van der Waals surface area contributed by atoms with Crippen molar-refractivity contribution in [1.29, 1.82) is 0 Å². The molecule has 1 heterocycles. The van der Waals surface area contributed by atoms with Crippen molar-refractivity contribution in [3.05, 3.63) is 35.9 Å². The number of rotatable bonds is 2. The van der Waals surface area contributed by atoms with Gasteiger partial charge in [-0.2, -0.15) is 0 Å². The molecular formula is C11H11IO4S. The van der Waals surface area contributed by atoms with Crippen molar-refractivity contribution >= 4 is 38.4 Å². The molecule has 1 fully saturated rings. The Labute approximate surface area is 113 Å². The molecule has 0 radical (unpaired) electrons. The Balaban J connectivity index is 2.06. The summed E-state index contributed by atoms with van der Waals surface area (Å²) in [5, 5.41) is 0. The SMILES string of the molecule is O=C(OC1CS(=O)(=O)CC1I)c1ccccc1. The number of hydrogen-bond donors (Lipinski definition) is 0. The second-order valence-electron chi connectivity index (χ2n) is 3.90. The van der Waals surface area contributed by atoms with Gasteiger partial charge in [0.1, 0.15) is 6.10 Å². The summed E-state index contributed by atoms with van der Waals surface area (Å²) in [6, 6.07) is 8.58. The molecule has 0 saturated carbocycles. The Bertz CT molecular complexity index is 512. The van der Waals surface area contributed by atoms with Crippen LogP contribution in [-0.4, -0.2) is 35.9 Å². The molecule has 2 atom stereocenters. The third kappa shape index (κ3) is 3.19. The van der Waals surface area contributed by atoms with Crippen molar-refractivity contribution in [3.63, 3.8) is 0 Å². The minimum atomic E-state index is -3.06. The van der Waals surface area contributed by atoms with Gasteiger partial charge in [-0.25, -0.2) is 13.2 Å². The Morgan fingerprint density at radius 3 is 2.41 bits per heavy atom. The van der Waals surface area contributed by atoms with E-state index in [9.17, 15) is 13.2 Å². The van der Waals surface area contributed by atoms with Gasteiger partial charge >= 0.3 is 5.97 Å². The number of esters is 1. The number of sulfone groups is 1. The molecule has 2 rings (SSSR count). The lowest BCUT2D eigenvalue weighted by molar-refractivity contribution is 0.0373. The van der Waals surface area contributed by atoms with Crippen LogP contribution < -0.4 is 0 Å². The summed E-state index contributed by atoms with van der Waals surface area (Å²) in [7, 11) is -3.06. The third-order valence-corrected chi connectivity index (χ3v) is 6.05. The normalized spacial score (nSPS) is 26.6. The number of benzene rings is 1. The van der Waals surface area contributed by atoms with E-state index < -0.39 is 21.9 Å². The van der Waals surface area contributed by atoms with E-state index in [1.54, 1.807) is 30.3 Å². The lowest BCUT2D eigenvalue weighted by Crippen LogP contribution is -2.25. The van der Waals surface area contributed by atoms with Gasteiger partial charge in [-0.3, -0.25) is 0 Å². The molecule has 1 aliphatic heterocycles. The first kappa shape index (κ1) is 12.8. The summed E-state index contributed by atoms with van der Waals surface area (Å²) >= 11 is 2.02. The van der Waals surface area contributed by atoms with Gasteiger partial charge < -0.3 is 4.74 Å². The lowest BCUT2D eigenvalue weighted by atomic mass is 10.2. The fourth-order valence-electron chi connectivity index (χ4n) is 1.66. The van der Waals surface area contributed by atoms with Crippen LogP contribution in [0.4, 0.5) is 0 Å². The quantitative estimate of drug-likeness (QED) is 0.452. The molecule has 0 aliphatic carbocycles. The highest BCUT2D eigenvalue weighted by atomic mass is 127. The van der Waals surface area contributed by atoms with Crippen LogP contribution in [0.5, 0.6) is 0 Å². The molecule has 4 nitrogen and oxygen atoms in total. The summed E-state index contributed by atoms with van der Waals surface area (Å²) in [5.41, 5.74) is 0.445. The fourth-order valence-corrected chi connectivity index (χ4v) is 5.69. The second kappa shape index (κ2) is 4.93. The minimum absolute atomic E-state index is 0.0703. The van der Waals surface area contributed by atoms with Crippen LogP contribution in [0.1, 0.15) is 10.4 Å². The van der Waals surface area contributed by atoms with Crippen LogP contribution in [0.15, 0.2) is 30.3 Å². The molecule has 6 heteroatoms. The summed E-state index contributed by atoms with van der Waals surface area (Å²) in [6.45, 7) is 0. The Kier molecular flexibility index (Phi) is 3.72. The average molecular weight is 366 g/mol. The molecule has 0 spiro atoms. The molecule has 0 aromatic heterocycles. The zero-order valence-corrected chi connectivity index (χ0v) is 11.8. The van der Waals surface area contributed by atoms with Crippen molar-refractivity contribution in [2.75, 3.05) is 11.5 Å². The van der Waals surface area contributed by atoms with Crippen LogP contribution in [0.3, 0.4) is 0 Å². The number of carbonyl (C=O) groups is 1. The van der Waals surface area contributed by atoms with Crippen LogP contribution in [0.2, 0.25) is 0 Å². The zero-order chi connectivity index (χ0) is 12.5. The third-order valence-electron chi connectivity index (χ3n) is 2.50. The Morgan fingerprint density at radius 1 is 1.24 bits per heavy atom. The van der Waals surface area contributed by atoms with Crippen LogP contribution >= 0.6 is 22.6 Å². The maximum atomic E-state index is 11.7.